The molecule has 35 heavy (non-hydrogen) atoms. The van der Waals surface area contributed by atoms with Crippen LogP contribution in [0.1, 0.15) is 34.0 Å². The molecule has 2 aromatic rings. The van der Waals surface area contributed by atoms with Crippen molar-refractivity contribution in [3.05, 3.63) is 52.6 Å². The molecule has 0 saturated carbocycles. The van der Waals surface area contributed by atoms with Gasteiger partial charge in [0.25, 0.3) is 15.9 Å². The highest BCUT2D eigenvalue weighted by Crippen LogP contribution is 2.31. The quantitative estimate of drug-likeness (QED) is 0.550. The summed E-state index contributed by atoms with van der Waals surface area (Å²) in [5, 5.41) is 3.33. The number of carbonyl (C=O) groups excluding carboxylic acids is 1. The second-order valence-electron chi connectivity index (χ2n) is 9.46. The zero-order valence-electron chi connectivity index (χ0n) is 21.8. The van der Waals surface area contributed by atoms with Crippen LogP contribution in [0, 0.1) is 20.8 Å². The third-order valence-electron chi connectivity index (χ3n) is 6.51. The van der Waals surface area contributed by atoms with Crippen LogP contribution < -0.4 is 14.9 Å². The van der Waals surface area contributed by atoms with Crippen LogP contribution in [0.5, 0.6) is 0 Å². The van der Waals surface area contributed by atoms with Crippen LogP contribution in [0.25, 0.3) is 0 Å². The van der Waals surface area contributed by atoms with Gasteiger partial charge in [0.1, 0.15) is 0 Å². The smallest absolute Gasteiger partial charge is 0.262 e. The topological polar surface area (TPSA) is 85.0 Å². The Morgan fingerprint density at radius 3 is 2.29 bits per heavy atom. The minimum atomic E-state index is -3.86. The maximum absolute atomic E-state index is 13.5. The standard InChI is InChI=1S/C26H39N5O3S/c1-7-30(15-14-29(5)6)26(32)22-8-9-24(31-12-10-27-11-13-31)23(18-22)28-35(33,34)25-17-20(3)19(2)16-21(25)4/h8-9,16-18,27-28H,7,10-15H2,1-6H3. The van der Waals surface area contributed by atoms with Crippen LogP contribution in [-0.4, -0.2) is 84.0 Å². The average molecular weight is 502 g/mol. The molecule has 0 bridgehead atoms. The van der Waals surface area contributed by atoms with E-state index >= 15 is 0 Å². The van der Waals surface area contributed by atoms with Crippen molar-refractivity contribution in [2.75, 3.05) is 69.5 Å². The van der Waals surface area contributed by atoms with Gasteiger partial charge in [-0.1, -0.05) is 6.07 Å². The number of piperazine rings is 1. The van der Waals surface area contributed by atoms with Gasteiger partial charge < -0.3 is 20.0 Å². The lowest BCUT2D eigenvalue weighted by atomic mass is 10.1. The summed E-state index contributed by atoms with van der Waals surface area (Å²) < 4.78 is 29.9. The van der Waals surface area contributed by atoms with E-state index in [1.165, 1.54) is 0 Å². The molecule has 9 heteroatoms. The summed E-state index contributed by atoms with van der Waals surface area (Å²) in [6, 6.07) is 8.96. The Bertz CT molecular complexity index is 1160. The van der Waals surface area contributed by atoms with Crippen molar-refractivity contribution in [2.45, 2.75) is 32.6 Å². The van der Waals surface area contributed by atoms with Crippen molar-refractivity contribution >= 4 is 27.3 Å². The number of anilines is 2. The van der Waals surface area contributed by atoms with Gasteiger partial charge in [-0.05, 0) is 82.7 Å². The zero-order chi connectivity index (χ0) is 25.8. The first-order chi connectivity index (χ1) is 16.5. The molecule has 0 atom stereocenters. The minimum Gasteiger partial charge on any atom is -0.367 e. The van der Waals surface area contributed by atoms with Crippen LogP contribution >= 0.6 is 0 Å². The van der Waals surface area contributed by atoms with Gasteiger partial charge in [-0.15, -0.1) is 0 Å². The fourth-order valence-corrected chi connectivity index (χ4v) is 5.64. The van der Waals surface area contributed by atoms with Gasteiger partial charge in [0.2, 0.25) is 0 Å². The van der Waals surface area contributed by atoms with E-state index in [2.05, 4.69) is 14.9 Å². The summed E-state index contributed by atoms with van der Waals surface area (Å²) in [5.74, 6) is -0.107. The molecule has 1 amide bonds. The molecule has 1 fully saturated rings. The molecule has 8 nitrogen and oxygen atoms in total. The number of aryl methyl sites for hydroxylation is 3. The summed E-state index contributed by atoms with van der Waals surface area (Å²) in [6.45, 7) is 12.7. The van der Waals surface area contributed by atoms with E-state index in [-0.39, 0.29) is 10.8 Å². The Hall–Kier alpha value is -2.62. The molecule has 2 aromatic carbocycles. The molecular formula is C26H39N5O3S. The highest BCUT2D eigenvalue weighted by Gasteiger charge is 2.24. The van der Waals surface area contributed by atoms with Gasteiger partial charge in [0, 0.05) is 51.4 Å². The lowest BCUT2D eigenvalue weighted by Crippen LogP contribution is -2.44. The number of hydrogen-bond donors (Lipinski definition) is 2. The molecule has 1 saturated heterocycles. The molecule has 192 valence electrons. The maximum Gasteiger partial charge on any atom is 0.262 e. The molecule has 2 N–H and O–H groups in total. The minimum absolute atomic E-state index is 0.107. The highest BCUT2D eigenvalue weighted by molar-refractivity contribution is 7.92. The predicted molar refractivity (Wildman–Crippen MR) is 143 cm³/mol. The van der Waals surface area contributed by atoms with Gasteiger partial charge in [0.05, 0.1) is 16.3 Å². The lowest BCUT2D eigenvalue weighted by molar-refractivity contribution is 0.0754. The number of sulfonamides is 1. The first-order valence-electron chi connectivity index (χ1n) is 12.2. The van der Waals surface area contributed by atoms with E-state index in [0.29, 0.717) is 29.9 Å². The Morgan fingerprint density at radius 1 is 1.00 bits per heavy atom. The molecular weight excluding hydrogens is 462 g/mol. The second-order valence-corrected chi connectivity index (χ2v) is 11.1. The molecule has 0 radical (unpaired) electrons. The third-order valence-corrected chi connectivity index (χ3v) is 8.02. The van der Waals surface area contributed by atoms with Crippen molar-refractivity contribution in [2.24, 2.45) is 0 Å². The summed E-state index contributed by atoms with van der Waals surface area (Å²) in [4.78, 5) is 19.5. The van der Waals surface area contributed by atoms with Crippen LogP contribution in [0.3, 0.4) is 0 Å². The van der Waals surface area contributed by atoms with E-state index in [1.807, 2.05) is 58.8 Å². The van der Waals surface area contributed by atoms with Crippen molar-refractivity contribution in [1.29, 1.82) is 0 Å². The molecule has 0 unspecified atom stereocenters. The SMILES string of the molecule is CCN(CCN(C)C)C(=O)c1ccc(N2CCNCC2)c(NS(=O)(=O)c2cc(C)c(C)cc2C)c1. The van der Waals surface area contributed by atoms with E-state index in [4.69, 9.17) is 0 Å². The van der Waals surface area contributed by atoms with Crippen molar-refractivity contribution in [3.8, 4) is 0 Å². The normalized spacial score (nSPS) is 14.3. The summed E-state index contributed by atoms with van der Waals surface area (Å²) in [5.41, 5.74) is 4.34. The van der Waals surface area contributed by atoms with Crippen LogP contribution in [0.4, 0.5) is 11.4 Å². The molecule has 3 rings (SSSR count). The molecule has 0 aliphatic carbocycles. The molecule has 1 aliphatic rings. The molecule has 0 aromatic heterocycles. The lowest BCUT2D eigenvalue weighted by Gasteiger charge is -2.31. The van der Waals surface area contributed by atoms with Crippen LogP contribution in [-0.2, 0) is 10.0 Å². The summed E-state index contributed by atoms with van der Waals surface area (Å²) >= 11 is 0. The first kappa shape index (κ1) is 27.0. The first-order valence-corrected chi connectivity index (χ1v) is 13.7. The Kier molecular flexibility index (Phi) is 8.79. The van der Waals surface area contributed by atoms with Crippen molar-refractivity contribution in [1.82, 2.24) is 15.1 Å². The van der Waals surface area contributed by atoms with E-state index < -0.39 is 10.0 Å². The maximum atomic E-state index is 13.5. The van der Waals surface area contributed by atoms with Crippen molar-refractivity contribution < 1.29 is 13.2 Å². The number of hydrogen-bond acceptors (Lipinski definition) is 6. The monoisotopic (exact) mass is 501 g/mol. The Balaban J connectivity index is 2.01. The number of carbonyl (C=O) groups is 1. The number of amides is 1. The van der Waals surface area contributed by atoms with E-state index in [9.17, 15) is 13.2 Å². The fourth-order valence-electron chi connectivity index (χ4n) is 4.26. The van der Waals surface area contributed by atoms with Crippen LogP contribution in [0.15, 0.2) is 35.2 Å². The van der Waals surface area contributed by atoms with Gasteiger partial charge in [-0.3, -0.25) is 9.52 Å². The number of nitrogens with one attached hydrogen (secondary N) is 2. The number of nitrogens with zero attached hydrogens (tertiary/aromatic N) is 3. The van der Waals surface area contributed by atoms with E-state index in [1.54, 1.807) is 23.1 Å². The number of benzene rings is 2. The summed E-state index contributed by atoms with van der Waals surface area (Å²) in [7, 11) is 0.0909. The molecule has 0 spiro atoms. The summed E-state index contributed by atoms with van der Waals surface area (Å²) in [6.07, 6.45) is 0. The molecule has 1 aliphatic heterocycles. The van der Waals surface area contributed by atoms with Gasteiger partial charge in [-0.25, -0.2) is 8.42 Å². The van der Waals surface area contributed by atoms with Crippen LogP contribution in [0.2, 0.25) is 0 Å². The number of likely N-dealkylation sites (N-methyl/N-ethyl adjacent to an activating group) is 2. The molecule has 1 heterocycles. The van der Waals surface area contributed by atoms with Crippen molar-refractivity contribution in [3.63, 3.8) is 0 Å². The largest absolute Gasteiger partial charge is 0.367 e. The predicted octanol–water partition coefficient (Wildman–Crippen LogP) is 2.85. The Morgan fingerprint density at radius 2 is 1.66 bits per heavy atom. The highest BCUT2D eigenvalue weighted by atomic mass is 32.2. The van der Waals surface area contributed by atoms with Gasteiger partial charge in [0.15, 0.2) is 0 Å². The van der Waals surface area contributed by atoms with E-state index in [0.717, 1.165) is 49.5 Å². The zero-order valence-corrected chi connectivity index (χ0v) is 22.6. The number of rotatable bonds is 9. The van der Waals surface area contributed by atoms with Gasteiger partial charge in [-0.2, -0.15) is 0 Å². The average Bonchev–Trinajstić information content (AvgIpc) is 2.81. The Labute approximate surface area is 210 Å². The third kappa shape index (κ3) is 6.54. The van der Waals surface area contributed by atoms with Gasteiger partial charge >= 0.3 is 0 Å². The fraction of sp³-hybridized carbons (Fsp3) is 0.500. The second kappa shape index (κ2) is 11.4.